The van der Waals surface area contributed by atoms with Gasteiger partial charge in [0, 0.05) is 17.8 Å². The minimum absolute atomic E-state index is 0.0253. The molecule has 14 heteroatoms. The molecule has 3 aromatic rings. The number of fused-ring (bicyclic) bond motifs is 2. The molecule has 4 rings (SSSR count). The van der Waals surface area contributed by atoms with Gasteiger partial charge in [-0.25, -0.2) is 0 Å². The molecule has 2 aromatic carbocycles. The molecule has 1 aliphatic heterocycles. The van der Waals surface area contributed by atoms with Crippen molar-refractivity contribution in [3.8, 4) is 17.0 Å². The van der Waals surface area contributed by atoms with Gasteiger partial charge in [-0.2, -0.15) is 13.5 Å². The molecule has 0 saturated carbocycles. The number of nitro benzene ring substituents is 2. The molecule has 13 nitrogen and oxygen atoms in total. The van der Waals surface area contributed by atoms with Gasteiger partial charge in [0.1, 0.15) is 22.6 Å². The van der Waals surface area contributed by atoms with Crippen molar-refractivity contribution in [1.29, 1.82) is 0 Å². The smallest absolute Gasteiger partial charge is 0.306 e. The molecule has 1 aliphatic rings. The van der Waals surface area contributed by atoms with Gasteiger partial charge >= 0.3 is 15.8 Å². The van der Waals surface area contributed by atoms with Gasteiger partial charge in [-0.3, -0.25) is 24.9 Å². The maximum absolute atomic E-state index is 11.9. The number of nitrogens with zero attached hydrogens (tertiary/aromatic N) is 5. The molecule has 0 bridgehead atoms. The van der Waals surface area contributed by atoms with Crippen LogP contribution >= 0.6 is 0 Å². The summed E-state index contributed by atoms with van der Waals surface area (Å²) >= 11 is 0. The molecule has 0 fully saturated rings. The molecule has 0 aliphatic carbocycles. The number of anilines is 2. The van der Waals surface area contributed by atoms with Crippen LogP contribution in [0.4, 0.5) is 22.7 Å². The first-order valence-corrected chi connectivity index (χ1v) is 12.2. The van der Waals surface area contributed by atoms with Crippen molar-refractivity contribution < 1.29 is 22.4 Å². The van der Waals surface area contributed by atoms with E-state index in [9.17, 15) is 28.6 Å². The van der Waals surface area contributed by atoms with E-state index in [4.69, 9.17) is 4.18 Å². The number of non-ortho nitro benzene ring substituents is 1. The van der Waals surface area contributed by atoms with E-state index >= 15 is 0 Å². The standard InChI is InChI=1S/C20H22N6O7S/c1-4-23(5-2)8-9-24-20-16(26(29)30)11-15(25(27)28)19-17(20)18(22-24)13-10-12(33-34(3,31)32)6-7-14(13)21-19/h6-7,10-11,21H,4-5,8-9H2,1-3H3. The van der Waals surface area contributed by atoms with Gasteiger partial charge in [-0.15, -0.1) is 0 Å². The van der Waals surface area contributed by atoms with Gasteiger partial charge in [0.15, 0.2) is 0 Å². The van der Waals surface area contributed by atoms with Crippen molar-refractivity contribution in [3.05, 3.63) is 44.5 Å². The van der Waals surface area contributed by atoms with Crippen molar-refractivity contribution in [2.75, 3.05) is 31.2 Å². The van der Waals surface area contributed by atoms with E-state index in [0.29, 0.717) is 24.3 Å². The first-order valence-electron chi connectivity index (χ1n) is 10.4. The third-order valence-corrected chi connectivity index (χ3v) is 6.14. The number of rotatable bonds is 9. The van der Waals surface area contributed by atoms with Crippen LogP contribution in [0.3, 0.4) is 0 Å². The zero-order valence-electron chi connectivity index (χ0n) is 18.6. The van der Waals surface area contributed by atoms with E-state index in [1.54, 1.807) is 0 Å². The van der Waals surface area contributed by atoms with Crippen LogP contribution in [-0.4, -0.2) is 58.8 Å². The third kappa shape index (κ3) is 4.12. The van der Waals surface area contributed by atoms with Crippen LogP contribution in [0, 0.1) is 20.2 Å². The average Bonchev–Trinajstić information content (AvgIpc) is 3.14. The normalized spacial score (nSPS) is 12.5. The predicted molar refractivity (Wildman–Crippen MR) is 125 cm³/mol. The molecule has 0 saturated heterocycles. The Bertz CT molecular complexity index is 1430. The van der Waals surface area contributed by atoms with Crippen molar-refractivity contribution in [1.82, 2.24) is 14.7 Å². The summed E-state index contributed by atoms with van der Waals surface area (Å²) < 4.78 is 29.6. The van der Waals surface area contributed by atoms with E-state index in [1.807, 2.05) is 13.8 Å². The SMILES string of the molecule is CCN(CC)CCn1nc2c3c(c([N+](=O)[O-])cc([N+](=O)[O-])c31)Nc1ccc(OS(C)(=O)=O)cc1-2. The highest BCUT2D eigenvalue weighted by molar-refractivity contribution is 7.86. The molecular weight excluding hydrogens is 468 g/mol. The molecule has 0 radical (unpaired) electrons. The lowest BCUT2D eigenvalue weighted by Gasteiger charge is -2.18. The van der Waals surface area contributed by atoms with E-state index in [-0.39, 0.29) is 28.0 Å². The lowest BCUT2D eigenvalue weighted by Crippen LogP contribution is -2.27. The fourth-order valence-electron chi connectivity index (χ4n) is 4.08. The second-order valence-corrected chi connectivity index (χ2v) is 9.32. The van der Waals surface area contributed by atoms with E-state index < -0.39 is 31.3 Å². The van der Waals surface area contributed by atoms with Crippen LogP contribution in [0.15, 0.2) is 24.3 Å². The molecule has 0 spiro atoms. The molecule has 0 unspecified atom stereocenters. The fourth-order valence-corrected chi connectivity index (χ4v) is 4.54. The first-order chi connectivity index (χ1) is 16.0. The summed E-state index contributed by atoms with van der Waals surface area (Å²) in [7, 11) is -3.80. The lowest BCUT2D eigenvalue weighted by molar-refractivity contribution is -0.392. The van der Waals surface area contributed by atoms with Crippen molar-refractivity contribution in [2.45, 2.75) is 20.4 Å². The maximum atomic E-state index is 11.9. The highest BCUT2D eigenvalue weighted by atomic mass is 32.2. The Morgan fingerprint density at radius 1 is 1.12 bits per heavy atom. The second kappa shape index (κ2) is 8.53. The second-order valence-electron chi connectivity index (χ2n) is 7.75. The Morgan fingerprint density at radius 2 is 1.79 bits per heavy atom. The van der Waals surface area contributed by atoms with Gasteiger partial charge < -0.3 is 14.4 Å². The van der Waals surface area contributed by atoms with Crippen LogP contribution < -0.4 is 9.50 Å². The maximum Gasteiger partial charge on any atom is 0.306 e. The van der Waals surface area contributed by atoms with Crippen LogP contribution in [0.5, 0.6) is 5.75 Å². The Hall–Kier alpha value is -3.78. The monoisotopic (exact) mass is 490 g/mol. The summed E-state index contributed by atoms with van der Waals surface area (Å²) in [6, 6.07) is 5.30. The van der Waals surface area contributed by atoms with E-state index in [2.05, 4.69) is 15.3 Å². The molecule has 180 valence electrons. The molecule has 0 atom stereocenters. The molecule has 0 amide bonds. The molecule has 34 heavy (non-hydrogen) atoms. The third-order valence-electron chi connectivity index (χ3n) is 5.64. The Morgan fingerprint density at radius 3 is 2.38 bits per heavy atom. The highest BCUT2D eigenvalue weighted by Gasteiger charge is 2.35. The van der Waals surface area contributed by atoms with Crippen LogP contribution in [0.25, 0.3) is 22.2 Å². The molecule has 1 aromatic heterocycles. The number of hydrogen-bond donors (Lipinski definition) is 1. The first kappa shape index (κ1) is 23.4. The highest BCUT2D eigenvalue weighted by Crippen LogP contribution is 2.50. The minimum atomic E-state index is -3.80. The van der Waals surface area contributed by atoms with Gasteiger partial charge in [-0.1, -0.05) is 13.8 Å². The summed E-state index contributed by atoms with van der Waals surface area (Å²) in [6.45, 7) is 6.42. The Labute approximate surface area is 194 Å². The average molecular weight is 490 g/mol. The van der Waals surface area contributed by atoms with Gasteiger partial charge in [-0.05, 0) is 31.3 Å². The zero-order valence-corrected chi connectivity index (χ0v) is 19.5. The van der Waals surface area contributed by atoms with Gasteiger partial charge in [0.25, 0.3) is 5.69 Å². The lowest BCUT2D eigenvalue weighted by atomic mass is 9.98. The number of hydrogen-bond acceptors (Lipinski definition) is 10. The Kier molecular flexibility index (Phi) is 5.87. The van der Waals surface area contributed by atoms with Crippen LogP contribution in [0.1, 0.15) is 13.8 Å². The van der Waals surface area contributed by atoms with Crippen molar-refractivity contribution >= 4 is 43.8 Å². The summed E-state index contributed by atoms with van der Waals surface area (Å²) in [4.78, 5) is 24.5. The number of benzene rings is 2. The van der Waals surface area contributed by atoms with Gasteiger partial charge in [0.2, 0.25) is 0 Å². The summed E-state index contributed by atoms with van der Waals surface area (Å²) in [5.74, 6) is 0.0253. The van der Waals surface area contributed by atoms with Crippen LogP contribution in [0.2, 0.25) is 0 Å². The molecular formula is C20H22N6O7S. The largest absolute Gasteiger partial charge is 0.383 e. The molecule has 1 N–H and O–H groups in total. The minimum Gasteiger partial charge on any atom is -0.383 e. The summed E-state index contributed by atoms with van der Waals surface area (Å²) in [5, 5.41) is 31.5. The number of aromatic nitrogens is 2. The van der Waals surface area contributed by atoms with Crippen molar-refractivity contribution in [2.24, 2.45) is 0 Å². The Balaban J connectivity index is 2.00. The number of nitrogens with one attached hydrogen (secondary N) is 1. The van der Waals surface area contributed by atoms with Crippen molar-refractivity contribution in [3.63, 3.8) is 0 Å². The predicted octanol–water partition coefficient (Wildman–Crippen LogP) is 3.26. The number of likely N-dealkylation sites (N-methyl/N-ethyl adjacent to an activating group) is 1. The zero-order chi connectivity index (χ0) is 24.8. The summed E-state index contributed by atoms with van der Waals surface area (Å²) in [5.41, 5.74) is 0.474. The molecule has 2 heterocycles. The summed E-state index contributed by atoms with van der Waals surface area (Å²) in [6.07, 6.45) is 0.910. The number of nitro groups is 2. The quantitative estimate of drug-likeness (QED) is 0.209. The fraction of sp³-hybridized carbons (Fsp3) is 0.350. The van der Waals surface area contributed by atoms with E-state index in [0.717, 1.165) is 25.4 Å². The topological polar surface area (TPSA) is 163 Å². The van der Waals surface area contributed by atoms with Crippen LogP contribution in [-0.2, 0) is 16.7 Å². The van der Waals surface area contributed by atoms with Gasteiger partial charge in [0.05, 0.1) is 34.1 Å². The van der Waals surface area contributed by atoms with E-state index in [1.165, 1.54) is 22.9 Å².